The van der Waals surface area contributed by atoms with Gasteiger partial charge in [0.15, 0.2) is 11.5 Å². The predicted molar refractivity (Wildman–Crippen MR) is 102 cm³/mol. The predicted octanol–water partition coefficient (Wildman–Crippen LogP) is 3.60. The molecule has 3 aromatic rings. The number of carbonyl (C=O) groups excluding carboxylic acids is 2. The van der Waals surface area contributed by atoms with E-state index in [0.29, 0.717) is 28.2 Å². The normalized spacial score (nSPS) is 16.8. The summed E-state index contributed by atoms with van der Waals surface area (Å²) in [6.07, 6.45) is 0.131. The Kier molecular flexibility index (Phi) is 4.77. The fourth-order valence-corrected chi connectivity index (χ4v) is 3.52. The van der Waals surface area contributed by atoms with Crippen LogP contribution in [0.2, 0.25) is 5.02 Å². The van der Waals surface area contributed by atoms with Gasteiger partial charge in [-0.15, -0.1) is 0 Å². The van der Waals surface area contributed by atoms with Crippen molar-refractivity contribution in [2.45, 2.75) is 19.9 Å². The minimum atomic E-state index is -0.506. The zero-order valence-corrected chi connectivity index (χ0v) is 15.8. The Morgan fingerprint density at radius 2 is 2.18 bits per heavy atom. The maximum Gasteiger partial charge on any atom is 0.227 e. The van der Waals surface area contributed by atoms with Crippen molar-refractivity contribution in [2.75, 3.05) is 11.4 Å². The van der Waals surface area contributed by atoms with Crippen molar-refractivity contribution >= 4 is 40.2 Å². The first-order valence-electron chi connectivity index (χ1n) is 8.80. The van der Waals surface area contributed by atoms with E-state index in [0.717, 1.165) is 0 Å². The number of fused-ring (bicyclic) bond motifs is 1. The molecular weight excluding hydrogens is 385 g/mol. The van der Waals surface area contributed by atoms with Crippen LogP contribution in [0.25, 0.3) is 11.1 Å². The van der Waals surface area contributed by atoms with Crippen molar-refractivity contribution in [1.82, 2.24) is 10.3 Å². The van der Waals surface area contributed by atoms with E-state index < -0.39 is 11.7 Å². The van der Waals surface area contributed by atoms with Gasteiger partial charge in [-0.3, -0.25) is 9.59 Å². The van der Waals surface area contributed by atoms with E-state index in [4.69, 9.17) is 16.0 Å². The number of rotatable bonds is 4. The topological polar surface area (TPSA) is 75.4 Å². The summed E-state index contributed by atoms with van der Waals surface area (Å²) < 4.78 is 18.7. The molecule has 0 unspecified atom stereocenters. The molecule has 1 aliphatic rings. The number of amides is 2. The second-order valence-corrected chi connectivity index (χ2v) is 7.16. The molecule has 28 heavy (non-hydrogen) atoms. The molecule has 1 saturated heterocycles. The Labute approximate surface area is 165 Å². The van der Waals surface area contributed by atoms with Crippen molar-refractivity contribution < 1.29 is 18.4 Å². The lowest BCUT2D eigenvalue weighted by Gasteiger charge is -2.16. The first kappa shape index (κ1) is 18.4. The zero-order valence-electron chi connectivity index (χ0n) is 15.0. The van der Waals surface area contributed by atoms with Crippen LogP contribution in [-0.4, -0.2) is 23.3 Å². The van der Waals surface area contributed by atoms with Crippen LogP contribution < -0.4 is 10.2 Å². The average Bonchev–Trinajstić information content (AvgIpc) is 3.23. The van der Waals surface area contributed by atoms with Gasteiger partial charge in [0.25, 0.3) is 0 Å². The Hall–Kier alpha value is -2.93. The van der Waals surface area contributed by atoms with Gasteiger partial charge in [-0.25, -0.2) is 9.37 Å². The molecule has 0 radical (unpaired) electrons. The van der Waals surface area contributed by atoms with E-state index in [2.05, 4.69) is 10.3 Å². The van der Waals surface area contributed by atoms with E-state index in [1.54, 1.807) is 36.1 Å². The maximum atomic E-state index is 13.2. The van der Waals surface area contributed by atoms with Crippen LogP contribution in [0, 0.1) is 18.7 Å². The van der Waals surface area contributed by atoms with E-state index in [9.17, 15) is 14.0 Å². The molecule has 2 aromatic carbocycles. The fourth-order valence-electron chi connectivity index (χ4n) is 3.31. The number of benzene rings is 2. The number of nitrogens with one attached hydrogen (secondary N) is 1. The molecule has 0 aliphatic carbocycles. The van der Waals surface area contributed by atoms with Gasteiger partial charge in [-0.1, -0.05) is 17.7 Å². The van der Waals surface area contributed by atoms with E-state index >= 15 is 0 Å². The Balaban J connectivity index is 1.42. The van der Waals surface area contributed by atoms with Crippen LogP contribution in [0.5, 0.6) is 0 Å². The first-order valence-corrected chi connectivity index (χ1v) is 9.17. The molecule has 0 bridgehead atoms. The largest absolute Gasteiger partial charge is 0.441 e. The second kappa shape index (κ2) is 7.24. The maximum absolute atomic E-state index is 13.2. The third kappa shape index (κ3) is 3.57. The standard InChI is InChI=1S/C20H17ClFN3O3/c1-11-24-17-8-14(3-5-18(17)28-11)25-10-13(7-19(25)26)20(27)23-9-12-2-4-16(22)15(21)6-12/h2-6,8,13H,7,9-10H2,1H3,(H,23,27)/t13-/m0/s1. The SMILES string of the molecule is Cc1nc2cc(N3C[C@@H](C(=O)NCc4ccc(F)c(Cl)c4)CC3=O)ccc2o1. The van der Waals surface area contributed by atoms with Crippen LogP contribution in [0.1, 0.15) is 17.9 Å². The van der Waals surface area contributed by atoms with Gasteiger partial charge in [-0.05, 0) is 35.9 Å². The summed E-state index contributed by atoms with van der Waals surface area (Å²) in [5, 5.41) is 2.79. The van der Waals surface area contributed by atoms with Crippen molar-refractivity contribution in [3.8, 4) is 0 Å². The van der Waals surface area contributed by atoms with Gasteiger partial charge in [-0.2, -0.15) is 0 Å². The van der Waals surface area contributed by atoms with Crippen molar-refractivity contribution in [3.05, 3.63) is 58.7 Å². The van der Waals surface area contributed by atoms with Crippen LogP contribution in [-0.2, 0) is 16.1 Å². The van der Waals surface area contributed by atoms with Crippen molar-refractivity contribution in [1.29, 1.82) is 0 Å². The van der Waals surface area contributed by atoms with Gasteiger partial charge in [0.1, 0.15) is 11.3 Å². The first-order chi connectivity index (χ1) is 13.4. The molecule has 1 atom stereocenters. The van der Waals surface area contributed by atoms with E-state index in [-0.39, 0.29) is 36.3 Å². The number of anilines is 1. The lowest BCUT2D eigenvalue weighted by atomic mass is 10.1. The number of carbonyl (C=O) groups is 2. The fraction of sp³-hybridized carbons (Fsp3) is 0.250. The Morgan fingerprint density at radius 3 is 2.96 bits per heavy atom. The highest BCUT2D eigenvalue weighted by Gasteiger charge is 2.35. The molecule has 1 N–H and O–H groups in total. The third-order valence-corrected chi connectivity index (χ3v) is 5.03. The quantitative estimate of drug-likeness (QED) is 0.724. The Bertz CT molecular complexity index is 1080. The molecule has 0 spiro atoms. The number of hydrogen-bond acceptors (Lipinski definition) is 4. The molecule has 144 valence electrons. The monoisotopic (exact) mass is 401 g/mol. The zero-order chi connectivity index (χ0) is 19.8. The van der Waals surface area contributed by atoms with Crippen LogP contribution in [0.15, 0.2) is 40.8 Å². The van der Waals surface area contributed by atoms with Gasteiger partial charge >= 0.3 is 0 Å². The van der Waals surface area contributed by atoms with Crippen LogP contribution >= 0.6 is 11.6 Å². The number of aromatic nitrogens is 1. The molecule has 1 fully saturated rings. The molecule has 1 aromatic heterocycles. The number of hydrogen-bond donors (Lipinski definition) is 1. The highest BCUT2D eigenvalue weighted by molar-refractivity contribution is 6.30. The number of halogens is 2. The lowest BCUT2D eigenvalue weighted by Crippen LogP contribution is -2.32. The third-order valence-electron chi connectivity index (χ3n) is 4.74. The number of aryl methyl sites for hydroxylation is 1. The van der Waals surface area contributed by atoms with Crippen molar-refractivity contribution in [2.24, 2.45) is 5.92 Å². The highest BCUT2D eigenvalue weighted by atomic mass is 35.5. The summed E-state index contributed by atoms with van der Waals surface area (Å²) in [4.78, 5) is 30.8. The molecule has 0 saturated carbocycles. The molecule has 1 aliphatic heterocycles. The van der Waals surface area contributed by atoms with Gasteiger partial charge in [0.2, 0.25) is 11.8 Å². The van der Waals surface area contributed by atoms with Gasteiger partial charge < -0.3 is 14.6 Å². The van der Waals surface area contributed by atoms with Gasteiger partial charge in [0, 0.05) is 32.1 Å². The molecule has 6 nitrogen and oxygen atoms in total. The second-order valence-electron chi connectivity index (χ2n) is 6.76. The number of nitrogens with zero attached hydrogens (tertiary/aromatic N) is 2. The Morgan fingerprint density at radius 1 is 1.36 bits per heavy atom. The minimum Gasteiger partial charge on any atom is -0.441 e. The molecule has 2 amide bonds. The summed E-state index contributed by atoms with van der Waals surface area (Å²) in [5.74, 6) is -0.761. The summed E-state index contributed by atoms with van der Waals surface area (Å²) in [7, 11) is 0. The molecule has 4 rings (SSSR count). The summed E-state index contributed by atoms with van der Waals surface area (Å²) in [6, 6.07) is 9.62. The molecule has 8 heteroatoms. The molecular formula is C20H17ClFN3O3. The smallest absolute Gasteiger partial charge is 0.227 e. The van der Waals surface area contributed by atoms with E-state index in [1.807, 2.05) is 0 Å². The molecule has 2 heterocycles. The van der Waals surface area contributed by atoms with Crippen LogP contribution in [0.4, 0.5) is 10.1 Å². The van der Waals surface area contributed by atoms with Crippen LogP contribution in [0.3, 0.4) is 0 Å². The highest BCUT2D eigenvalue weighted by Crippen LogP contribution is 2.28. The van der Waals surface area contributed by atoms with Crippen molar-refractivity contribution in [3.63, 3.8) is 0 Å². The lowest BCUT2D eigenvalue weighted by molar-refractivity contribution is -0.126. The summed E-state index contributed by atoms with van der Waals surface area (Å²) >= 11 is 5.75. The van der Waals surface area contributed by atoms with E-state index in [1.165, 1.54) is 12.1 Å². The number of oxazole rings is 1. The van der Waals surface area contributed by atoms with Gasteiger partial charge in [0.05, 0.1) is 10.9 Å². The minimum absolute atomic E-state index is 0.00690. The average molecular weight is 402 g/mol. The summed E-state index contributed by atoms with van der Waals surface area (Å²) in [6.45, 7) is 2.26. The summed E-state index contributed by atoms with van der Waals surface area (Å²) in [5.41, 5.74) is 2.70.